The van der Waals surface area contributed by atoms with Crippen LogP contribution in [0.2, 0.25) is 0 Å². The second-order valence-electron chi connectivity index (χ2n) is 10.6. The quantitative estimate of drug-likeness (QED) is 0.279. The van der Waals surface area contributed by atoms with E-state index in [4.69, 9.17) is 0 Å². The molecule has 0 heterocycles. The van der Waals surface area contributed by atoms with Crippen LogP contribution in [0.3, 0.4) is 0 Å². The van der Waals surface area contributed by atoms with Crippen molar-refractivity contribution >= 4 is 27.3 Å². The molecule has 2 amide bonds. The van der Waals surface area contributed by atoms with Gasteiger partial charge in [0.1, 0.15) is 0 Å². The van der Waals surface area contributed by atoms with Gasteiger partial charge in [-0.05, 0) is 54.7 Å². The lowest BCUT2D eigenvalue weighted by Gasteiger charge is -2.21. The second kappa shape index (κ2) is 13.6. The van der Waals surface area contributed by atoms with Crippen molar-refractivity contribution in [2.45, 2.75) is 75.0 Å². The van der Waals surface area contributed by atoms with Crippen molar-refractivity contribution in [2.24, 2.45) is 5.92 Å². The van der Waals surface area contributed by atoms with Crippen molar-refractivity contribution in [1.82, 2.24) is 5.32 Å². The molecule has 4 rings (SSSR count). The van der Waals surface area contributed by atoms with Gasteiger partial charge in [-0.1, -0.05) is 98.7 Å². The van der Waals surface area contributed by atoms with E-state index in [2.05, 4.69) is 10.6 Å². The lowest BCUT2D eigenvalue weighted by atomic mass is 9.90. The third-order valence-corrected chi connectivity index (χ3v) is 9.09. The zero-order valence-electron chi connectivity index (χ0n) is 22.6. The van der Waals surface area contributed by atoms with Crippen molar-refractivity contribution in [3.8, 4) is 0 Å². The number of benzene rings is 3. The lowest BCUT2D eigenvalue weighted by molar-refractivity contribution is -0.121. The number of carbonyl (C=O) groups excluding carboxylic acids is 2. The normalized spacial score (nSPS) is 15.2. The molecule has 7 heteroatoms. The van der Waals surface area contributed by atoms with Crippen LogP contribution in [0, 0.1) is 12.8 Å². The number of amides is 2. The van der Waals surface area contributed by atoms with Gasteiger partial charge in [0.2, 0.25) is 0 Å². The van der Waals surface area contributed by atoms with Gasteiger partial charge in [0.15, 0.2) is 15.6 Å². The van der Waals surface area contributed by atoms with Gasteiger partial charge in [-0.2, -0.15) is 0 Å². The van der Waals surface area contributed by atoms with E-state index in [1.54, 1.807) is 48.5 Å². The van der Waals surface area contributed by atoms with E-state index in [-0.39, 0.29) is 16.4 Å². The molecule has 1 fully saturated rings. The van der Waals surface area contributed by atoms with Gasteiger partial charge in [-0.3, -0.25) is 4.79 Å². The smallest absolute Gasteiger partial charge is 0.319 e. The summed E-state index contributed by atoms with van der Waals surface area (Å²) in [7, 11) is -3.47. The highest BCUT2D eigenvalue weighted by molar-refractivity contribution is 7.90. The molecule has 0 aliphatic heterocycles. The first-order valence-corrected chi connectivity index (χ1v) is 15.5. The Kier molecular flexibility index (Phi) is 9.93. The average molecular weight is 547 g/mol. The van der Waals surface area contributed by atoms with Crippen molar-refractivity contribution in [3.05, 3.63) is 95.6 Å². The molecule has 1 aliphatic carbocycles. The Morgan fingerprint density at radius 3 is 2.10 bits per heavy atom. The van der Waals surface area contributed by atoms with Gasteiger partial charge in [-0.15, -0.1) is 0 Å². The molecule has 0 unspecified atom stereocenters. The molecule has 1 atom stereocenters. The number of Topliss-reactive ketones (excluding diaryl/α,β-unsaturated/α-hetero) is 1. The third kappa shape index (κ3) is 8.79. The molecule has 206 valence electrons. The summed E-state index contributed by atoms with van der Waals surface area (Å²) in [4.78, 5) is 26.5. The molecule has 6 nitrogen and oxygen atoms in total. The Balaban J connectivity index is 1.38. The zero-order chi connectivity index (χ0) is 27.7. The first kappa shape index (κ1) is 28.6. The monoisotopic (exact) mass is 546 g/mol. The molecule has 1 saturated carbocycles. The van der Waals surface area contributed by atoms with Crippen LogP contribution in [0.5, 0.6) is 0 Å². The Morgan fingerprint density at radius 1 is 0.821 bits per heavy atom. The van der Waals surface area contributed by atoms with E-state index in [1.165, 1.54) is 12.8 Å². The number of urea groups is 1. The maximum atomic E-state index is 13.3. The first-order valence-electron chi connectivity index (χ1n) is 13.8. The van der Waals surface area contributed by atoms with E-state index in [1.807, 2.05) is 37.3 Å². The van der Waals surface area contributed by atoms with Gasteiger partial charge in [0.25, 0.3) is 0 Å². The molecule has 0 saturated heterocycles. The summed E-state index contributed by atoms with van der Waals surface area (Å²) in [5.74, 6) is 0.321. The fraction of sp³-hybridized carbons (Fsp3) is 0.375. The molecule has 0 aromatic heterocycles. The van der Waals surface area contributed by atoms with Crippen molar-refractivity contribution in [1.29, 1.82) is 0 Å². The molecular weight excluding hydrogens is 508 g/mol. The fourth-order valence-corrected chi connectivity index (χ4v) is 6.50. The topological polar surface area (TPSA) is 92.3 Å². The van der Waals surface area contributed by atoms with E-state index >= 15 is 0 Å². The molecule has 0 spiro atoms. The third-order valence-electron chi connectivity index (χ3n) is 7.39. The molecule has 0 radical (unpaired) electrons. The predicted molar refractivity (Wildman–Crippen MR) is 155 cm³/mol. The van der Waals surface area contributed by atoms with Gasteiger partial charge < -0.3 is 10.6 Å². The molecule has 0 bridgehead atoms. The Hall–Kier alpha value is -3.45. The van der Waals surface area contributed by atoms with Gasteiger partial charge in [-0.25, -0.2) is 13.2 Å². The van der Waals surface area contributed by atoms with E-state index < -0.39 is 21.9 Å². The number of nitrogens with one attached hydrogen (secondary N) is 2. The van der Waals surface area contributed by atoms with Crippen LogP contribution < -0.4 is 10.6 Å². The highest BCUT2D eigenvalue weighted by Crippen LogP contribution is 2.26. The number of anilines is 1. The molecule has 2 N–H and O–H groups in total. The molecule has 3 aromatic rings. The van der Waals surface area contributed by atoms with Crippen LogP contribution >= 0.6 is 0 Å². The number of rotatable bonds is 10. The maximum absolute atomic E-state index is 13.3. The minimum absolute atomic E-state index is 0.0672. The number of ketones is 1. The molecule has 3 aromatic carbocycles. The molecular formula is C32H38N2O4S. The highest BCUT2D eigenvalue weighted by Gasteiger charge is 2.25. The van der Waals surface area contributed by atoms with Crippen molar-refractivity contribution in [3.63, 3.8) is 0 Å². The summed E-state index contributed by atoms with van der Waals surface area (Å²) in [6, 6.07) is 22.2. The van der Waals surface area contributed by atoms with E-state index in [9.17, 15) is 18.0 Å². The first-order chi connectivity index (χ1) is 18.8. The Morgan fingerprint density at radius 2 is 1.46 bits per heavy atom. The van der Waals surface area contributed by atoms with Crippen molar-refractivity contribution < 1.29 is 18.0 Å². The van der Waals surface area contributed by atoms with Gasteiger partial charge in [0.05, 0.1) is 16.7 Å². The summed E-state index contributed by atoms with van der Waals surface area (Å²) < 4.78 is 25.5. The van der Waals surface area contributed by atoms with Crippen LogP contribution in [0.15, 0.2) is 83.8 Å². The Labute approximate surface area is 232 Å². The summed E-state index contributed by atoms with van der Waals surface area (Å²) in [6.45, 7) is 1.91. The largest absolute Gasteiger partial charge is 0.328 e. The number of hydrogen-bond donors (Lipinski definition) is 2. The fourth-order valence-electron chi connectivity index (χ4n) is 5.15. The van der Waals surface area contributed by atoms with Gasteiger partial charge >= 0.3 is 6.03 Å². The molecule has 39 heavy (non-hydrogen) atoms. The average Bonchev–Trinajstić information content (AvgIpc) is 3.19. The van der Waals surface area contributed by atoms with Crippen LogP contribution in [0.25, 0.3) is 0 Å². The summed E-state index contributed by atoms with van der Waals surface area (Å²) in [5, 5.41) is 5.71. The minimum atomic E-state index is -3.47. The SMILES string of the molecule is Cc1ccc(S(=O)(=O)Cc2ccc(NC(=O)N[C@H](Cc3ccccc3)C(=O)CC3CCCCCC3)cc2)cc1. The second-order valence-corrected chi connectivity index (χ2v) is 12.6. The van der Waals surface area contributed by atoms with Crippen molar-refractivity contribution in [2.75, 3.05) is 5.32 Å². The van der Waals surface area contributed by atoms with Crippen LogP contribution in [-0.4, -0.2) is 26.3 Å². The number of hydrogen-bond acceptors (Lipinski definition) is 4. The maximum Gasteiger partial charge on any atom is 0.319 e. The van der Waals surface area contributed by atoms with E-state index in [0.717, 1.165) is 36.8 Å². The number of sulfone groups is 1. The number of carbonyl (C=O) groups is 2. The summed E-state index contributed by atoms with van der Waals surface area (Å²) >= 11 is 0. The predicted octanol–water partition coefficient (Wildman–Crippen LogP) is 6.63. The minimum Gasteiger partial charge on any atom is -0.328 e. The molecule has 1 aliphatic rings. The lowest BCUT2D eigenvalue weighted by Crippen LogP contribution is -2.45. The standard InChI is InChI=1S/C32H38N2O4S/c1-24-13-19-29(20-14-24)39(37,38)23-27-15-17-28(18-16-27)33-32(36)34-30(21-25-9-7-4-8-10-25)31(35)22-26-11-5-2-3-6-12-26/h4,7-10,13-20,26,30H,2-3,5-6,11-12,21-23H2,1H3,(H2,33,34,36)/t30-/m1/s1. The summed E-state index contributed by atoms with van der Waals surface area (Å²) in [6.07, 6.45) is 7.86. The highest BCUT2D eigenvalue weighted by atomic mass is 32.2. The van der Waals surface area contributed by atoms with Crippen LogP contribution in [0.4, 0.5) is 10.5 Å². The zero-order valence-corrected chi connectivity index (χ0v) is 23.4. The van der Waals surface area contributed by atoms with Gasteiger partial charge in [0, 0.05) is 12.1 Å². The summed E-state index contributed by atoms with van der Waals surface area (Å²) in [5.41, 5.74) is 3.15. The Bertz CT molecular complexity index is 1330. The van der Waals surface area contributed by atoms with E-state index in [0.29, 0.717) is 30.0 Å². The van der Waals surface area contributed by atoms with Crippen LogP contribution in [0.1, 0.15) is 61.6 Å². The number of aryl methyl sites for hydroxylation is 1. The van der Waals surface area contributed by atoms with Crippen LogP contribution in [-0.2, 0) is 26.8 Å².